The normalized spacial score (nSPS) is 22.5. The summed E-state index contributed by atoms with van der Waals surface area (Å²) in [6.07, 6.45) is 2.90. The van der Waals surface area contributed by atoms with Gasteiger partial charge in [0.1, 0.15) is 5.41 Å². The van der Waals surface area contributed by atoms with Crippen LogP contribution in [0.2, 0.25) is 0 Å². The Labute approximate surface area is 142 Å². The van der Waals surface area contributed by atoms with Crippen molar-refractivity contribution in [3.8, 4) is 0 Å². The molecule has 1 amide bonds. The maximum atomic E-state index is 13.4. The van der Waals surface area contributed by atoms with Gasteiger partial charge in [-0.2, -0.15) is 0 Å². The van der Waals surface area contributed by atoms with Crippen LogP contribution in [0.5, 0.6) is 0 Å². The summed E-state index contributed by atoms with van der Waals surface area (Å²) in [5.74, 6) is -0.0210. The number of carbonyl (C=O) groups is 2. The molecule has 2 aromatic rings. The average Bonchev–Trinajstić information content (AvgIpc) is 2.64. The Bertz CT molecular complexity index is 812. The summed E-state index contributed by atoms with van der Waals surface area (Å²) in [6.45, 7) is 2.67. The second-order valence-corrected chi connectivity index (χ2v) is 6.80. The van der Waals surface area contributed by atoms with Crippen molar-refractivity contribution in [2.24, 2.45) is 5.41 Å². The Morgan fingerprint density at radius 3 is 2.58 bits per heavy atom. The highest BCUT2D eigenvalue weighted by molar-refractivity contribution is 6.25. The van der Waals surface area contributed by atoms with E-state index in [1.165, 1.54) is 0 Å². The van der Waals surface area contributed by atoms with Gasteiger partial charge in [-0.15, -0.1) is 0 Å². The molecular weight excluding hydrogens is 298 g/mol. The third-order valence-electron chi connectivity index (χ3n) is 5.50. The average molecular weight is 319 g/mol. The lowest BCUT2D eigenvalue weighted by Gasteiger charge is -2.43. The molecule has 0 saturated carbocycles. The van der Waals surface area contributed by atoms with E-state index in [1.54, 1.807) is 0 Å². The van der Waals surface area contributed by atoms with Crippen LogP contribution in [0.1, 0.15) is 41.3 Å². The highest BCUT2D eigenvalue weighted by Gasteiger charge is 2.52. The third kappa shape index (κ3) is 2.04. The molecule has 3 heteroatoms. The Hall–Kier alpha value is -2.42. The molecule has 1 atom stereocenters. The molecule has 2 aliphatic rings. The van der Waals surface area contributed by atoms with Gasteiger partial charge < -0.3 is 4.90 Å². The number of ketones is 1. The highest BCUT2D eigenvalue weighted by atomic mass is 16.2. The summed E-state index contributed by atoms with van der Waals surface area (Å²) in [5, 5.41) is 0. The maximum absolute atomic E-state index is 13.4. The monoisotopic (exact) mass is 319 g/mol. The first-order chi connectivity index (χ1) is 11.7. The fourth-order valence-corrected chi connectivity index (χ4v) is 4.19. The van der Waals surface area contributed by atoms with Crippen LogP contribution >= 0.6 is 0 Å². The molecule has 4 rings (SSSR count). The number of benzene rings is 2. The summed E-state index contributed by atoms with van der Waals surface area (Å²) in [7, 11) is 0. The highest BCUT2D eigenvalue weighted by Crippen LogP contribution is 2.45. The minimum absolute atomic E-state index is 0.00569. The lowest BCUT2D eigenvalue weighted by molar-refractivity contribution is -0.126. The number of carbonyl (C=O) groups excluding carboxylic acids is 2. The van der Waals surface area contributed by atoms with Gasteiger partial charge in [0.05, 0.1) is 5.69 Å². The molecule has 2 aliphatic heterocycles. The summed E-state index contributed by atoms with van der Waals surface area (Å²) < 4.78 is 0. The van der Waals surface area contributed by atoms with E-state index >= 15 is 0 Å². The molecule has 0 saturated heterocycles. The molecule has 1 unspecified atom stereocenters. The molecule has 122 valence electrons. The van der Waals surface area contributed by atoms with Crippen LogP contribution in [-0.4, -0.2) is 18.2 Å². The molecule has 0 spiro atoms. The number of hydrogen-bond donors (Lipinski definition) is 0. The summed E-state index contributed by atoms with van der Waals surface area (Å²) in [6, 6.07) is 15.8. The van der Waals surface area contributed by atoms with Crippen molar-refractivity contribution >= 4 is 17.4 Å². The number of nitrogens with zero attached hydrogens (tertiary/aromatic N) is 1. The lowest BCUT2D eigenvalue weighted by atomic mass is 9.69. The van der Waals surface area contributed by atoms with E-state index in [0.29, 0.717) is 19.4 Å². The SMILES string of the molecule is CCC1(Cc2ccccc2)C(=O)c2cccc3c2N(CCC3)C1=O. The van der Waals surface area contributed by atoms with Crippen LogP contribution in [0, 0.1) is 5.41 Å². The summed E-state index contributed by atoms with van der Waals surface area (Å²) in [4.78, 5) is 28.6. The van der Waals surface area contributed by atoms with Crippen molar-refractivity contribution in [1.82, 2.24) is 0 Å². The van der Waals surface area contributed by atoms with E-state index < -0.39 is 5.41 Å². The van der Waals surface area contributed by atoms with E-state index in [0.717, 1.165) is 35.2 Å². The van der Waals surface area contributed by atoms with Gasteiger partial charge in [-0.25, -0.2) is 0 Å². The fourth-order valence-electron chi connectivity index (χ4n) is 4.19. The number of anilines is 1. The molecule has 24 heavy (non-hydrogen) atoms. The van der Waals surface area contributed by atoms with Gasteiger partial charge in [0.25, 0.3) is 0 Å². The molecule has 0 radical (unpaired) electrons. The minimum atomic E-state index is -0.968. The van der Waals surface area contributed by atoms with E-state index in [4.69, 9.17) is 0 Å². The lowest BCUT2D eigenvalue weighted by Crippen LogP contribution is -2.55. The second kappa shape index (κ2) is 5.59. The number of aryl methyl sites for hydroxylation is 1. The molecule has 2 heterocycles. The summed E-state index contributed by atoms with van der Waals surface area (Å²) in [5.41, 5.74) is 2.80. The van der Waals surface area contributed by atoms with Gasteiger partial charge in [-0.05, 0) is 42.9 Å². The molecule has 3 nitrogen and oxygen atoms in total. The number of rotatable bonds is 3. The number of hydrogen-bond acceptors (Lipinski definition) is 2. The van der Waals surface area contributed by atoms with Crippen LogP contribution in [0.25, 0.3) is 0 Å². The van der Waals surface area contributed by atoms with Crippen LogP contribution < -0.4 is 4.90 Å². The Morgan fingerprint density at radius 1 is 1.04 bits per heavy atom. The van der Waals surface area contributed by atoms with E-state index in [9.17, 15) is 9.59 Å². The first-order valence-corrected chi connectivity index (χ1v) is 8.70. The molecule has 2 aromatic carbocycles. The topological polar surface area (TPSA) is 37.4 Å². The van der Waals surface area contributed by atoms with Crippen LogP contribution in [0.4, 0.5) is 5.69 Å². The van der Waals surface area contributed by atoms with Gasteiger partial charge in [0.15, 0.2) is 5.78 Å². The molecule has 0 fully saturated rings. The van der Waals surface area contributed by atoms with Crippen molar-refractivity contribution in [3.05, 3.63) is 65.2 Å². The van der Waals surface area contributed by atoms with Gasteiger partial charge in [0, 0.05) is 12.1 Å². The van der Waals surface area contributed by atoms with Crippen LogP contribution in [0.3, 0.4) is 0 Å². The minimum Gasteiger partial charge on any atom is -0.311 e. The molecule has 0 bridgehead atoms. The van der Waals surface area contributed by atoms with Crippen molar-refractivity contribution in [3.63, 3.8) is 0 Å². The second-order valence-electron chi connectivity index (χ2n) is 6.80. The predicted molar refractivity (Wildman–Crippen MR) is 94.3 cm³/mol. The zero-order chi connectivity index (χ0) is 16.7. The van der Waals surface area contributed by atoms with Crippen LogP contribution in [-0.2, 0) is 17.6 Å². The predicted octanol–water partition coefficient (Wildman–Crippen LogP) is 3.80. The smallest absolute Gasteiger partial charge is 0.241 e. The van der Waals surface area contributed by atoms with Crippen molar-refractivity contribution in [2.45, 2.75) is 32.6 Å². The van der Waals surface area contributed by atoms with Gasteiger partial charge in [-0.1, -0.05) is 49.4 Å². The van der Waals surface area contributed by atoms with Gasteiger partial charge >= 0.3 is 0 Å². The van der Waals surface area contributed by atoms with Crippen molar-refractivity contribution in [1.29, 1.82) is 0 Å². The molecule has 0 aliphatic carbocycles. The van der Waals surface area contributed by atoms with Crippen LogP contribution in [0.15, 0.2) is 48.5 Å². The Balaban J connectivity index is 1.87. The largest absolute Gasteiger partial charge is 0.311 e. The molecule has 0 aromatic heterocycles. The zero-order valence-electron chi connectivity index (χ0n) is 13.9. The van der Waals surface area contributed by atoms with Gasteiger partial charge in [0.2, 0.25) is 5.91 Å². The fraction of sp³-hybridized carbons (Fsp3) is 0.333. The Morgan fingerprint density at radius 2 is 1.83 bits per heavy atom. The van der Waals surface area contributed by atoms with E-state index in [-0.39, 0.29) is 11.7 Å². The Kier molecular flexibility index (Phi) is 3.52. The van der Waals surface area contributed by atoms with Gasteiger partial charge in [-0.3, -0.25) is 9.59 Å². The molecule has 0 N–H and O–H groups in total. The number of amides is 1. The molecular formula is C21H21NO2. The summed E-state index contributed by atoms with van der Waals surface area (Å²) >= 11 is 0. The first-order valence-electron chi connectivity index (χ1n) is 8.70. The number of Topliss-reactive ketones (excluding diaryl/α,β-unsaturated/α-hetero) is 1. The number of para-hydroxylation sites is 1. The van der Waals surface area contributed by atoms with Crippen molar-refractivity contribution < 1.29 is 9.59 Å². The van der Waals surface area contributed by atoms with E-state index in [2.05, 4.69) is 0 Å². The standard InChI is InChI=1S/C21H21NO2/c1-2-21(14-15-8-4-3-5-9-15)19(23)17-12-6-10-16-11-7-13-22(18(16)17)20(21)24/h3-6,8-10,12H,2,7,11,13-14H2,1H3. The maximum Gasteiger partial charge on any atom is 0.241 e. The first kappa shape index (κ1) is 15.1. The van der Waals surface area contributed by atoms with E-state index in [1.807, 2.05) is 60.4 Å². The quantitative estimate of drug-likeness (QED) is 0.807. The zero-order valence-corrected chi connectivity index (χ0v) is 13.9. The third-order valence-corrected chi connectivity index (χ3v) is 5.50. The van der Waals surface area contributed by atoms with Crippen molar-refractivity contribution in [2.75, 3.05) is 11.4 Å².